The summed E-state index contributed by atoms with van der Waals surface area (Å²) in [5, 5.41) is 0. The Morgan fingerprint density at radius 1 is 0.882 bits per heavy atom. The van der Waals surface area contributed by atoms with Crippen LogP contribution in [0.5, 0.6) is 0 Å². The highest BCUT2D eigenvalue weighted by molar-refractivity contribution is 7.47. The lowest BCUT2D eigenvalue weighted by Gasteiger charge is -2.58. The third-order valence-electron chi connectivity index (χ3n) is 13.6. The first-order chi connectivity index (χ1) is 23.5. The lowest BCUT2D eigenvalue weighted by molar-refractivity contribution is -0.870. The molecule has 0 saturated heterocycles. The van der Waals surface area contributed by atoms with Crippen LogP contribution in [0.2, 0.25) is 0 Å². The van der Waals surface area contributed by atoms with E-state index in [1.807, 2.05) is 21.1 Å². The molecule has 0 heterocycles. The molecule has 298 valence electrons. The number of carbonyl (C=O) groups excluding carboxylic acids is 1. The Kier molecular flexibility index (Phi) is 17.1. The van der Waals surface area contributed by atoms with Crippen molar-refractivity contribution in [2.45, 2.75) is 150 Å². The molecule has 2 N–H and O–H groups in total. The number of phosphoric ester groups is 1. The fourth-order valence-electron chi connectivity index (χ4n) is 10.6. The van der Waals surface area contributed by atoms with Gasteiger partial charge in [-0.3, -0.25) is 9.05 Å². The third kappa shape index (κ3) is 12.5. The van der Waals surface area contributed by atoms with Crippen LogP contribution in [-0.4, -0.2) is 74.6 Å². The highest BCUT2D eigenvalue weighted by Gasteiger charge is 2.59. The van der Waals surface area contributed by atoms with Crippen molar-refractivity contribution in [2.75, 3.05) is 47.5 Å². The van der Waals surface area contributed by atoms with Crippen LogP contribution in [0.1, 0.15) is 144 Å². The van der Waals surface area contributed by atoms with Gasteiger partial charge in [-0.15, -0.1) is 0 Å². The lowest BCUT2D eigenvalue weighted by atomic mass is 9.47. The summed E-state index contributed by atoms with van der Waals surface area (Å²) in [6.45, 7) is 13.9. The maximum Gasteiger partial charge on any atom is 0.508 e. The fraction of sp³-hybridized carbons (Fsp3) is 0.927. The fourth-order valence-corrected chi connectivity index (χ4v) is 11.4. The summed E-state index contributed by atoms with van der Waals surface area (Å²) in [6.07, 6.45) is 21.3. The van der Waals surface area contributed by atoms with Crippen LogP contribution in [0.3, 0.4) is 0 Å². The molecule has 0 spiro atoms. The Morgan fingerprint density at radius 3 is 2.24 bits per heavy atom. The zero-order valence-corrected chi connectivity index (χ0v) is 34.6. The van der Waals surface area contributed by atoms with Gasteiger partial charge in [0, 0.05) is 6.42 Å². The van der Waals surface area contributed by atoms with E-state index < -0.39 is 14.0 Å². The topological polar surface area (TPSA) is 121 Å². The first-order valence-corrected chi connectivity index (χ1v) is 22.0. The molecule has 0 aromatic rings. The monoisotopic (exact) mass is 742 g/mol. The molecule has 51 heavy (non-hydrogen) atoms. The lowest BCUT2D eigenvalue weighted by Crippen LogP contribution is -2.51. The number of phosphoric acid groups is 1. The predicted molar refractivity (Wildman–Crippen MR) is 204 cm³/mol. The minimum atomic E-state index is -3.98. The van der Waals surface area contributed by atoms with Crippen molar-refractivity contribution in [3.8, 4) is 0 Å². The maximum atomic E-state index is 12.6. The van der Waals surface area contributed by atoms with Gasteiger partial charge in [0.25, 0.3) is 0 Å². The smallest absolute Gasteiger partial charge is 0.508 e. The van der Waals surface area contributed by atoms with Gasteiger partial charge in [-0.2, -0.15) is 0 Å². The van der Waals surface area contributed by atoms with Gasteiger partial charge in [-0.1, -0.05) is 91.2 Å². The van der Waals surface area contributed by atoms with E-state index in [9.17, 15) is 14.3 Å². The van der Waals surface area contributed by atoms with Gasteiger partial charge in [0.15, 0.2) is 0 Å². The second-order valence-corrected chi connectivity index (χ2v) is 20.1. The average Bonchev–Trinajstić information content (AvgIpc) is 3.38. The van der Waals surface area contributed by atoms with Crippen LogP contribution in [0.25, 0.3) is 0 Å². The van der Waals surface area contributed by atoms with E-state index in [1.54, 1.807) is 5.57 Å². The second kappa shape index (κ2) is 19.6. The molecular weight excluding hydrogens is 665 g/mol. The number of allylic oxidation sites excluding steroid dienone is 1. The number of likely N-dealkylation sites (N-methyl/N-ethyl adjacent to an activating group) is 1. The van der Waals surface area contributed by atoms with E-state index in [1.165, 1.54) is 51.4 Å². The maximum absolute atomic E-state index is 12.6. The van der Waals surface area contributed by atoms with Crippen molar-refractivity contribution in [1.82, 2.24) is 0 Å². The van der Waals surface area contributed by atoms with Gasteiger partial charge in [-0.25, -0.2) is 9.36 Å². The first kappa shape index (κ1) is 44.4. The van der Waals surface area contributed by atoms with Gasteiger partial charge < -0.3 is 24.3 Å². The van der Waals surface area contributed by atoms with Crippen LogP contribution in [0, 0.1) is 46.3 Å². The zero-order valence-electron chi connectivity index (χ0n) is 33.7. The number of ether oxygens (including phenoxy) is 2. The number of quaternary nitrogens is 1. The van der Waals surface area contributed by atoms with Gasteiger partial charge in [0.1, 0.15) is 19.3 Å². The minimum Gasteiger partial charge on any atom is -0.870 e. The molecule has 9 atom stereocenters. The molecule has 3 saturated carbocycles. The van der Waals surface area contributed by atoms with Crippen LogP contribution in [-0.2, 0) is 23.1 Å². The molecule has 9 nitrogen and oxygen atoms in total. The molecule has 0 amide bonds. The van der Waals surface area contributed by atoms with Crippen molar-refractivity contribution in [3.63, 3.8) is 0 Å². The number of hydrogen-bond acceptors (Lipinski definition) is 7. The molecule has 3 fully saturated rings. The van der Waals surface area contributed by atoms with E-state index in [4.69, 9.17) is 18.5 Å². The molecule has 0 aromatic heterocycles. The summed E-state index contributed by atoms with van der Waals surface area (Å²) in [5.41, 5.74) is 2.30. The zero-order chi connectivity index (χ0) is 36.6. The predicted octanol–water partition coefficient (Wildman–Crippen LogP) is 10.6. The largest absolute Gasteiger partial charge is 0.870 e. The molecule has 10 heteroatoms. The molecular formula is C41H76NO8P. The van der Waals surface area contributed by atoms with Gasteiger partial charge in [0.2, 0.25) is 0 Å². The summed E-state index contributed by atoms with van der Waals surface area (Å²) < 4.78 is 34.1. The van der Waals surface area contributed by atoms with Crippen molar-refractivity contribution in [3.05, 3.63) is 11.6 Å². The number of hydrogen-bond donors (Lipinski definition) is 1. The van der Waals surface area contributed by atoms with E-state index >= 15 is 0 Å². The Labute approximate surface area is 311 Å². The van der Waals surface area contributed by atoms with Gasteiger partial charge in [0.05, 0.1) is 34.4 Å². The van der Waals surface area contributed by atoms with Crippen LogP contribution >= 0.6 is 7.82 Å². The van der Waals surface area contributed by atoms with E-state index in [2.05, 4.69) is 40.7 Å². The van der Waals surface area contributed by atoms with Gasteiger partial charge in [-0.05, 0) is 104 Å². The summed E-state index contributed by atoms with van der Waals surface area (Å²) in [4.78, 5) is 22.4. The average molecular weight is 742 g/mol. The van der Waals surface area contributed by atoms with Crippen molar-refractivity contribution in [1.29, 1.82) is 0 Å². The molecule has 0 aromatic carbocycles. The SMILES string of the molecule is CC(C)CCC[C@@H](C)[C@H]1CC[C@H]2[C@@H]3CC=C4CC(OC(=O)OCCCCCCCCOP(=O)(O)OCC[N+](C)(C)C)CC[C@]4(C)[C@H]3CC[C@]12C.[OH-]. The second-order valence-electron chi connectivity index (χ2n) is 18.6. The Morgan fingerprint density at radius 2 is 1.55 bits per heavy atom. The van der Waals surface area contributed by atoms with E-state index in [0.717, 1.165) is 86.9 Å². The number of rotatable bonds is 20. The molecule has 0 bridgehead atoms. The minimum absolute atomic E-state index is 0. The van der Waals surface area contributed by atoms with Gasteiger partial charge >= 0.3 is 14.0 Å². The Bertz CT molecular complexity index is 1150. The number of fused-ring (bicyclic) bond motifs is 5. The summed E-state index contributed by atoms with van der Waals surface area (Å²) in [7, 11) is 2.02. The summed E-state index contributed by atoms with van der Waals surface area (Å²) >= 11 is 0. The summed E-state index contributed by atoms with van der Waals surface area (Å²) in [6, 6.07) is 0. The van der Waals surface area contributed by atoms with Crippen molar-refractivity contribution >= 4 is 14.0 Å². The highest BCUT2D eigenvalue weighted by atomic mass is 31.2. The molecule has 4 rings (SSSR count). The van der Waals surface area contributed by atoms with E-state index in [0.29, 0.717) is 29.5 Å². The summed E-state index contributed by atoms with van der Waals surface area (Å²) in [5.74, 6) is 4.98. The molecule has 0 radical (unpaired) electrons. The first-order valence-electron chi connectivity index (χ1n) is 20.5. The van der Waals surface area contributed by atoms with Crippen molar-refractivity contribution < 1.29 is 42.7 Å². The Balaban J connectivity index is 0.00000702. The van der Waals surface area contributed by atoms with Crippen LogP contribution in [0.15, 0.2) is 11.6 Å². The van der Waals surface area contributed by atoms with Crippen molar-refractivity contribution in [2.24, 2.45) is 46.3 Å². The normalized spacial score (nSPS) is 32.1. The van der Waals surface area contributed by atoms with Crippen LogP contribution in [0.4, 0.5) is 4.79 Å². The molecule has 0 aliphatic heterocycles. The molecule has 4 aliphatic carbocycles. The van der Waals surface area contributed by atoms with E-state index in [-0.39, 0.29) is 30.2 Å². The quantitative estimate of drug-likeness (QED) is 0.0430. The number of nitrogens with zero attached hydrogens (tertiary/aromatic N) is 1. The number of unbranched alkanes of at least 4 members (excludes halogenated alkanes) is 5. The standard InChI is InChI=1S/C41H74NO7P.H2O/c1-31(2)16-15-17-32(3)36-20-21-37-35-19-18-33-30-34(22-24-40(33,4)38(35)23-25-41(36,37)5)49-39(43)46-27-13-11-9-10-12-14-28-47-50(44,45)48-29-26-42(6,7)8;/h18,31-32,34-38H,9-17,19-30H2,1-8H3;1H2/t32-,34?,35+,36-,37+,38+,40+,41-;/m1./s1. The third-order valence-corrected chi connectivity index (χ3v) is 14.6. The highest BCUT2D eigenvalue weighted by Crippen LogP contribution is 2.67. The van der Waals surface area contributed by atoms with Crippen LogP contribution < -0.4 is 0 Å². The molecule has 4 aliphatic rings. The molecule has 2 unspecified atom stereocenters. The Hall–Kier alpha value is -0.960. The number of carbonyl (C=O) groups is 1.